The summed E-state index contributed by atoms with van der Waals surface area (Å²) in [6, 6.07) is 22.4. The van der Waals surface area contributed by atoms with E-state index in [1.54, 1.807) is 18.2 Å². The molecule has 0 bridgehead atoms. The summed E-state index contributed by atoms with van der Waals surface area (Å²) in [5.74, 6) is -0.899. The summed E-state index contributed by atoms with van der Waals surface area (Å²) in [6.07, 6.45) is 1.23. The van der Waals surface area contributed by atoms with Gasteiger partial charge in [0.15, 0.2) is 0 Å². The molecule has 1 N–H and O–H groups in total. The number of hydrogen-bond acceptors (Lipinski definition) is 3. The van der Waals surface area contributed by atoms with E-state index in [0.717, 1.165) is 16.7 Å². The average Bonchev–Trinajstić information content (AvgIpc) is 2.86. The van der Waals surface area contributed by atoms with Crippen LogP contribution in [0.15, 0.2) is 72.8 Å². The molecule has 1 heterocycles. The number of benzene rings is 3. The Balaban J connectivity index is 1.52. The van der Waals surface area contributed by atoms with Gasteiger partial charge < -0.3 is 5.32 Å². The summed E-state index contributed by atoms with van der Waals surface area (Å²) < 4.78 is 27.8. The molecule has 1 amide bonds. The molecule has 184 valence electrons. The fraction of sp³-hybridized carbons (Fsp3) is 0.296. The first-order chi connectivity index (χ1) is 16.8. The van der Waals surface area contributed by atoms with Crippen molar-refractivity contribution < 1.29 is 13.2 Å². The van der Waals surface area contributed by atoms with Gasteiger partial charge in [-0.05, 0) is 48.6 Å². The highest BCUT2D eigenvalue weighted by atomic mass is 35.5. The van der Waals surface area contributed by atoms with E-state index < -0.39 is 15.9 Å². The molecular weight excluding hydrogens is 503 g/mol. The number of nitrogens with zero attached hydrogens (tertiary/aromatic N) is 1. The van der Waals surface area contributed by atoms with E-state index in [-0.39, 0.29) is 24.2 Å². The maximum atomic E-state index is 13.4. The zero-order chi connectivity index (χ0) is 25.0. The largest absolute Gasteiger partial charge is 0.345 e. The second kappa shape index (κ2) is 11.1. The number of hydrogen-bond donors (Lipinski definition) is 1. The van der Waals surface area contributed by atoms with E-state index in [9.17, 15) is 13.2 Å². The standard InChI is InChI=1S/C27H28Cl2N2O3S/c1-19-9-5-6-13-22(19)26(20-10-3-2-4-11-20)30-27(32)21-12-8-16-31(17-21)35(33,34)18-23-24(28)14-7-15-25(23)29/h2-7,9-11,13-15,21,26H,8,12,16-18H2,1H3,(H,30,32)/t21-,26+/m0/s1. The predicted molar refractivity (Wildman–Crippen MR) is 141 cm³/mol. The van der Waals surface area contributed by atoms with Crippen LogP contribution in [0, 0.1) is 12.8 Å². The minimum atomic E-state index is -3.70. The fourth-order valence-corrected chi connectivity index (χ4v) is 6.87. The molecule has 0 aliphatic carbocycles. The van der Waals surface area contributed by atoms with Crippen molar-refractivity contribution >= 4 is 39.1 Å². The van der Waals surface area contributed by atoms with Crippen LogP contribution in [-0.2, 0) is 20.6 Å². The third-order valence-corrected chi connectivity index (χ3v) is 8.94. The van der Waals surface area contributed by atoms with Crippen molar-refractivity contribution in [2.45, 2.75) is 31.6 Å². The van der Waals surface area contributed by atoms with Crippen LogP contribution in [0.5, 0.6) is 0 Å². The molecule has 8 heteroatoms. The fourth-order valence-electron chi connectivity index (χ4n) is 4.51. The lowest BCUT2D eigenvalue weighted by Crippen LogP contribution is -2.46. The van der Waals surface area contributed by atoms with Crippen LogP contribution in [0.2, 0.25) is 10.0 Å². The molecule has 3 aromatic carbocycles. The Bertz CT molecular complexity index is 1280. The van der Waals surface area contributed by atoms with Crippen molar-refractivity contribution in [3.63, 3.8) is 0 Å². The molecule has 4 rings (SSSR count). The van der Waals surface area contributed by atoms with Crippen LogP contribution in [0.25, 0.3) is 0 Å². The van der Waals surface area contributed by atoms with E-state index in [2.05, 4.69) is 5.32 Å². The quantitative estimate of drug-likeness (QED) is 0.422. The second-order valence-electron chi connectivity index (χ2n) is 8.86. The topological polar surface area (TPSA) is 66.5 Å². The highest BCUT2D eigenvalue weighted by molar-refractivity contribution is 7.88. The van der Waals surface area contributed by atoms with Crippen molar-refractivity contribution in [2.75, 3.05) is 13.1 Å². The Morgan fingerprint density at radius 3 is 2.34 bits per heavy atom. The zero-order valence-corrected chi connectivity index (χ0v) is 21.8. The molecule has 0 unspecified atom stereocenters. The molecule has 1 aliphatic rings. The maximum absolute atomic E-state index is 13.4. The summed E-state index contributed by atoms with van der Waals surface area (Å²) in [7, 11) is -3.70. The third kappa shape index (κ3) is 6.07. The molecule has 1 fully saturated rings. The minimum absolute atomic E-state index is 0.130. The van der Waals surface area contributed by atoms with Crippen LogP contribution < -0.4 is 5.32 Å². The number of amides is 1. The van der Waals surface area contributed by atoms with Gasteiger partial charge in [0.1, 0.15) is 0 Å². The first-order valence-corrected chi connectivity index (χ1v) is 13.9. The Morgan fingerprint density at radius 2 is 1.66 bits per heavy atom. The van der Waals surface area contributed by atoms with E-state index in [1.165, 1.54) is 4.31 Å². The monoisotopic (exact) mass is 530 g/mol. The minimum Gasteiger partial charge on any atom is -0.345 e. The van der Waals surface area contributed by atoms with E-state index >= 15 is 0 Å². The average molecular weight is 532 g/mol. The summed E-state index contributed by atoms with van der Waals surface area (Å²) in [5.41, 5.74) is 3.45. The molecule has 1 saturated heterocycles. The van der Waals surface area contributed by atoms with E-state index in [4.69, 9.17) is 23.2 Å². The Hall–Kier alpha value is -2.38. The highest BCUT2D eigenvalue weighted by Gasteiger charge is 2.34. The van der Waals surface area contributed by atoms with Gasteiger partial charge in [-0.15, -0.1) is 0 Å². The van der Waals surface area contributed by atoms with Crippen molar-refractivity contribution in [3.8, 4) is 0 Å². The van der Waals surface area contributed by atoms with Gasteiger partial charge in [-0.1, -0.05) is 83.9 Å². The third-order valence-electron chi connectivity index (χ3n) is 6.46. The summed E-state index contributed by atoms with van der Waals surface area (Å²) in [4.78, 5) is 13.4. The Morgan fingerprint density at radius 1 is 1.00 bits per heavy atom. The highest BCUT2D eigenvalue weighted by Crippen LogP contribution is 2.30. The number of aryl methyl sites for hydroxylation is 1. The molecule has 0 radical (unpaired) electrons. The maximum Gasteiger partial charge on any atom is 0.225 e. The number of halogens is 2. The van der Waals surface area contributed by atoms with Crippen LogP contribution in [-0.4, -0.2) is 31.7 Å². The van der Waals surface area contributed by atoms with Gasteiger partial charge in [-0.25, -0.2) is 12.7 Å². The second-order valence-corrected chi connectivity index (χ2v) is 11.6. The number of piperidine rings is 1. The normalized spacial score (nSPS) is 17.6. The molecule has 5 nitrogen and oxygen atoms in total. The number of carbonyl (C=O) groups excluding carboxylic acids is 1. The van der Waals surface area contributed by atoms with Crippen molar-refractivity contribution in [3.05, 3.63) is 105 Å². The van der Waals surface area contributed by atoms with Crippen LogP contribution in [0.1, 0.15) is 41.1 Å². The Labute approximate surface area is 217 Å². The van der Waals surface area contributed by atoms with Crippen LogP contribution in [0.4, 0.5) is 0 Å². The van der Waals surface area contributed by atoms with Crippen molar-refractivity contribution in [2.24, 2.45) is 5.92 Å². The summed E-state index contributed by atoms with van der Waals surface area (Å²) in [6.45, 7) is 2.52. The lowest BCUT2D eigenvalue weighted by atomic mass is 9.93. The number of rotatable bonds is 7. The molecule has 35 heavy (non-hydrogen) atoms. The van der Waals surface area contributed by atoms with Gasteiger partial charge in [0.2, 0.25) is 15.9 Å². The van der Waals surface area contributed by atoms with Gasteiger partial charge in [0.25, 0.3) is 0 Å². The molecule has 3 aromatic rings. The van der Waals surface area contributed by atoms with Gasteiger partial charge in [-0.2, -0.15) is 0 Å². The number of sulfonamides is 1. The van der Waals surface area contributed by atoms with Crippen LogP contribution >= 0.6 is 23.2 Å². The first-order valence-electron chi connectivity index (χ1n) is 11.6. The number of carbonyl (C=O) groups is 1. The van der Waals surface area contributed by atoms with E-state index in [1.807, 2.05) is 61.5 Å². The molecule has 1 aliphatic heterocycles. The van der Waals surface area contributed by atoms with Crippen molar-refractivity contribution in [1.29, 1.82) is 0 Å². The molecule has 0 aromatic heterocycles. The SMILES string of the molecule is Cc1ccccc1[C@H](NC(=O)[C@H]1CCCN(S(=O)(=O)Cc2c(Cl)cccc2Cl)C1)c1ccccc1. The molecule has 2 atom stereocenters. The Kier molecular flexibility index (Phi) is 8.17. The van der Waals surface area contributed by atoms with E-state index in [0.29, 0.717) is 35.0 Å². The summed E-state index contributed by atoms with van der Waals surface area (Å²) in [5, 5.41) is 3.83. The van der Waals surface area contributed by atoms with Gasteiger partial charge in [-0.3, -0.25) is 4.79 Å². The van der Waals surface area contributed by atoms with Gasteiger partial charge >= 0.3 is 0 Å². The lowest BCUT2D eigenvalue weighted by Gasteiger charge is -2.32. The molecular formula is C27H28Cl2N2O3S. The zero-order valence-electron chi connectivity index (χ0n) is 19.5. The smallest absolute Gasteiger partial charge is 0.225 e. The molecule has 0 spiro atoms. The van der Waals surface area contributed by atoms with Crippen molar-refractivity contribution in [1.82, 2.24) is 9.62 Å². The van der Waals surface area contributed by atoms with Crippen LogP contribution in [0.3, 0.4) is 0 Å². The predicted octanol–water partition coefficient (Wildman–Crippen LogP) is 5.75. The number of nitrogens with one attached hydrogen (secondary N) is 1. The van der Waals surface area contributed by atoms with Gasteiger partial charge in [0, 0.05) is 28.7 Å². The molecule has 0 saturated carbocycles. The first kappa shape index (κ1) is 25.7. The van der Waals surface area contributed by atoms with Gasteiger partial charge in [0.05, 0.1) is 17.7 Å². The summed E-state index contributed by atoms with van der Waals surface area (Å²) >= 11 is 12.4. The lowest BCUT2D eigenvalue weighted by molar-refractivity contribution is -0.126.